The molecular weight excluding hydrogens is 448 g/mol. The summed E-state index contributed by atoms with van der Waals surface area (Å²) < 4.78 is 10.9. The third kappa shape index (κ3) is 4.53. The maximum Gasteiger partial charge on any atom is 0.407 e. The molecule has 0 bridgehead atoms. The number of amides is 2. The Morgan fingerprint density at radius 3 is 2.23 bits per heavy atom. The molecule has 1 aliphatic heterocycles. The zero-order valence-corrected chi connectivity index (χ0v) is 19.9. The Morgan fingerprint density at radius 2 is 1.71 bits per heavy atom. The fraction of sp³-hybridized carbons (Fsp3) is 0.370. The maximum absolute atomic E-state index is 13.1. The molecule has 184 valence electrons. The molecule has 0 saturated carbocycles. The Kier molecular flexibility index (Phi) is 6.93. The molecule has 2 aromatic carbocycles. The van der Waals surface area contributed by atoms with Gasteiger partial charge >= 0.3 is 12.1 Å². The van der Waals surface area contributed by atoms with Crippen molar-refractivity contribution in [3.05, 3.63) is 72.3 Å². The number of carboxylic acid groups (broad SMARTS) is 1. The fourth-order valence-corrected chi connectivity index (χ4v) is 4.95. The molecule has 0 radical (unpaired) electrons. The van der Waals surface area contributed by atoms with Crippen LogP contribution in [0.2, 0.25) is 0 Å². The van der Waals surface area contributed by atoms with Gasteiger partial charge in [0.2, 0.25) is 5.91 Å². The van der Waals surface area contributed by atoms with Crippen molar-refractivity contribution < 1.29 is 29.0 Å². The molecule has 2 aliphatic rings. The first-order valence-corrected chi connectivity index (χ1v) is 11.6. The smallest absolute Gasteiger partial charge is 0.407 e. The Hall–Kier alpha value is -3.65. The number of rotatable bonds is 9. The van der Waals surface area contributed by atoms with Gasteiger partial charge in [0.1, 0.15) is 18.1 Å². The van der Waals surface area contributed by atoms with E-state index in [1.807, 2.05) is 36.4 Å². The highest BCUT2D eigenvalue weighted by Gasteiger charge is 2.52. The lowest BCUT2D eigenvalue weighted by Crippen LogP contribution is -2.66. The Bertz CT molecular complexity index is 1090. The first-order valence-electron chi connectivity index (χ1n) is 11.6. The normalized spacial score (nSPS) is 17.4. The van der Waals surface area contributed by atoms with Gasteiger partial charge in [-0.15, -0.1) is 6.58 Å². The molecule has 1 aliphatic carbocycles. The SMILES string of the molecule is C=CCC1(C(=O)O)CN(C(=O)[C@@H](NC(=O)OCC2c3ccccc3-c3ccccc32)[C@@H](C)OC)C1. The van der Waals surface area contributed by atoms with E-state index in [4.69, 9.17) is 9.47 Å². The number of alkyl carbamates (subject to hydrolysis) is 1. The lowest BCUT2D eigenvalue weighted by atomic mass is 9.76. The number of benzene rings is 2. The number of likely N-dealkylation sites (tertiary alicyclic amines) is 1. The van der Waals surface area contributed by atoms with Crippen molar-refractivity contribution in [3.63, 3.8) is 0 Å². The van der Waals surface area contributed by atoms with Crippen LogP contribution in [0.15, 0.2) is 61.2 Å². The van der Waals surface area contributed by atoms with Crippen molar-refractivity contribution in [2.45, 2.75) is 31.4 Å². The summed E-state index contributed by atoms with van der Waals surface area (Å²) in [5.41, 5.74) is 3.39. The monoisotopic (exact) mass is 478 g/mol. The zero-order valence-electron chi connectivity index (χ0n) is 19.9. The molecule has 2 atom stereocenters. The van der Waals surface area contributed by atoms with Gasteiger partial charge in [0.05, 0.1) is 6.10 Å². The summed E-state index contributed by atoms with van der Waals surface area (Å²) >= 11 is 0. The third-order valence-corrected chi connectivity index (χ3v) is 7.01. The molecule has 8 nitrogen and oxygen atoms in total. The number of hydrogen-bond donors (Lipinski definition) is 2. The van der Waals surface area contributed by atoms with Crippen LogP contribution in [0, 0.1) is 5.41 Å². The highest BCUT2D eigenvalue weighted by Crippen LogP contribution is 2.44. The predicted octanol–water partition coefficient (Wildman–Crippen LogP) is 3.42. The summed E-state index contributed by atoms with van der Waals surface area (Å²) in [5.74, 6) is -1.48. The molecule has 35 heavy (non-hydrogen) atoms. The molecule has 1 fully saturated rings. The number of aliphatic carboxylic acids is 1. The van der Waals surface area contributed by atoms with Crippen LogP contribution in [0.3, 0.4) is 0 Å². The highest BCUT2D eigenvalue weighted by atomic mass is 16.5. The lowest BCUT2D eigenvalue weighted by Gasteiger charge is -2.48. The molecule has 2 amide bonds. The molecule has 0 unspecified atom stereocenters. The second-order valence-corrected chi connectivity index (χ2v) is 9.16. The number of fused-ring (bicyclic) bond motifs is 3. The second kappa shape index (κ2) is 9.92. The second-order valence-electron chi connectivity index (χ2n) is 9.16. The average Bonchev–Trinajstić information content (AvgIpc) is 3.16. The Morgan fingerprint density at radius 1 is 1.14 bits per heavy atom. The number of nitrogens with zero attached hydrogens (tertiary/aromatic N) is 1. The lowest BCUT2D eigenvalue weighted by molar-refractivity contribution is -0.167. The molecular formula is C27H30N2O6. The van der Waals surface area contributed by atoms with Crippen molar-refractivity contribution in [2.75, 3.05) is 26.8 Å². The fourth-order valence-electron chi connectivity index (χ4n) is 4.95. The molecule has 2 N–H and O–H groups in total. The summed E-state index contributed by atoms with van der Waals surface area (Å²) in [6.07, 6.45) is 0.434. The predicted molar refractivity (Wildman–Crippen MR) is 130 cm³/mol. The minimum absolute atomic E-state index is 0.0481. The van der Waals surface area contributed by atoms with Crippen LogP contribution in [0.1, 0.15) is 30.4 Å². The Balaban J connectivity index is 1.42. The first kappa shape index (κ1) is 24.5. The van der Waals surface area contributed by atoms with Crippen LogP contribution in [-0.2, 0) is 19.1 Å². The van der Waals surface area contributed by atoms with Crippen molar-refractivity contribution in [1.82, 2.24) is 10.2 Å². The van der Waals surface area contributed by atoms with Crippen LogP contribution in [0.5, 0.6) is 0 Å². The largest absolute Gasteiger partial charge is 0.481 e. The summed E-state index contributed by atoms with van der Waals surface area (Å²) in [5, 5.41) is 12.2. The van der Waals surface area contributed by atoms with E-state index in [9.17, 15) is 19.5 Å². The van der Waals surface area contributed by atoms with Gasteiger partial charge < -0.3 is 24.8 Å². The van der Waals surface area contributed by atoms with Crippen LogP contribution < -0.4 is 5.32 Å². The van der Waals surface area contributed by atoms with Gasteiger partial charge in [-0.05, 0) is 35.6 Å². The zero-order chi connectivity index (χ0) is 25.2. The number of ether oxygens (including phenoxy) is 2. The van der Waals surface area contributed by atoms with Gasteiger partial charge in [0.15, 0.2) is 0 Å². The van der Waals surface area contributed by atoms with Gasteiger partial charge in [0, 0.05) is 26.1 Å². The van der Waals surface area contributed by atoms with E-state index in [0.717, 1.165) is 22.3 Å². The number of allylic oxidation sites excluding steroid dienone is 1. The van der Waals surface area contributed by atoms with E-state index >= 15 is 0 Å². The van der Waals surface area contributed by atoms with Gasteiger partial charge in [-0.3, -0.25) is 9.59 Å². The molecule has 1 heterocycles. The van der Waals surface area contributed by atoms with Crippen LogP contribution in [0.25, 0.3) is 11.1 Å². The summed E-state index contributed by atoms with van der Waals surface area (Å²) in [6, 6.07) is 15.1. The summed E-state index contributed by atoms with van der Waals surface area (Å²) in [4.78, 5) is 39.0. The first-order chi connectivity index (χ1) is 16.8. The molecule has 0 spiro atoms. The van der Waals surface area contributed by atoms with E-state index in [0.29, 0.717) is 0 Å². The van der Waals surface area contributed by atoms with Crippen molar-refractivity contribution in [1.29, 1.82) is 0 Å². The number of carbonyl (C=O) groups excluding carboxylic acids is 2. The molecule has 0 aromatic heterocycles. The number of methoxy groups -OCH3 is 1. The number of hydrogen-bond acceptors (Lipinski definition) is 5. The van der Waals surface area contributed by atoms with Crippen LogP contribution in [-0.4, -0.2) is 66.9 Å². The van der Waals surface area contributed by atoms with Gasteiger partial charge in [-0.25, -0.2) is 4.79 Å². The number of nitrogens with one attached hydrogen (secondary N) is 1. The number of carbonyl (C=O) groups is 3. The Labute approximate surface area is 204 Å². The van der Waals surface area contributed by atoms with Crippen LogP contribution in [0.4, 0.5) is 4.79 Å². The minimum atomic E-state index is -1.04. The average molecular weight is 479 g/mol. The third-order valence-electron chi connectivity index (χ3n) is 7.01. The maximum atomic E-state index is 13.1. The van der Waals surface area contributed by atoms with E-state index < -0.39 is 35.5 Å². The molecule has 2 aromatic rings. The molecule has 4 rings (SSSR count). The van der Waals surface area contributed by atoms with Crippen molar-refractivity contribution in [3.8, 4) is 11.1 Å². The van der Waals surface area contributed by atoms with Crippen molar-refractivity contribution >= 4 is 18.0 Å². The summed E-state index contributed by atoms with van der Waals surface area (Å²) in [7, 11) is 1.44. The molecule has 1 saturated heterocycles. The molecule has 8 heteroatoms. The van der Waals surface area contributed by atoms with Gasteiger partial charge in [-0.2, -0.15) is 0 Å². The van der Waals surface area contributed by atoms with Gasteiger partial charge in [-0.1, -0.05) is 54.6 Å². The quantitative estimate of drug-likeness (QED) is 0.535. The standard InChI is InChI=1S/C27H30N2O6/c1-4-13-27(25(31)32)15-29(16-27)24(30)23(17(2)34-3)28-26(33)35-14-22-20-11-7-5-9-18(20)19-10-6-8-12-21(19)22/h4-12,17,22-23H,1,13-16H2,2-3H3,(H,28,33)(H,31,32)/t17-,23+/m1/s1. The topological polar surface area (TPSA) is 105 Å². The minimum Gasteiger partial charge on any atom is -0.481 e. The van der Waals surface area contributed by atoms with E-state index in [-0.39, 0.29) is 32.0 Å². The van der Waals surface area contributed by atoms with E-state index in [2.05, 4.69) is 24.0 Å². The summed E-state index contributed by atoms with van der Waals surface area (Å²) in [6.45, 7) is 5.50. The van der Waals surface area contributed by atoms with Crippen molar-refractivity contribution in [2.24, 2.45) is 5.41 Å². The van der Waals surface area contributed by atoms with E-state index in [1.54, 1.807) is 13.0 Å². The van der Waals surface area contributed by atoms with Gasteiger partial charge in [0.25, 0.3) is 0 Å². The number of carboxylic acids is 1. The van der Waals surface area contributed by atoms with Crippen LogP contribution >= 0.6 is 0 Å². The van der Waals surface area contributed by atoms with E-state index in [1.165, 1.54) is 12.0 Å². The highest BCUT2D eigenvalue weighted by molar-refractivity contribution is 5.89.